The predicted molar refractivity (Wildman–Crippen MR) is 114 cm³/mol. The molecule has 2 aromatic carbocycles. The van der Waals surface area contributed by atoms with Crippen LogP contribution in [0.3, 0.4) is 0 Å². The van der Waals surface area contributed by atoms with E-state index >= 15 is 0 Å². The average Bonchev–Trinajstić information content (AvgIpc) is 3.27. The lowest BCUT2D eigenvalue weighted by molar-refractivity contribution is -0.141. The molecule has 2 heterocycles. The number of carbonyl (C=O) groups excluding carboxylic acids is 2. The SMILES string of the molecule is CCCC1=C(C2=C(CCC)C(=O)O[C@@H]2c2ccccc2)[C@@H](c2ccccc2)OC1=O. The minimum Gasteiger partial charge on any atom is -0.449 e. The Morgan fingerprint density at radius 2 is 1.00 bits per heavy atom. The zero-order valence-electron chi connectivity index (χ0n) is 17.4. The zero-order valence-corrected chi connectivity index (χ0v) is 17.4. The van der Waals surface area contributed by atoms with Crippen LogP contribution in [0.4, 0.5) is 0 Å². The fourth-order valence-corrected chi connectivity index (χ4v) is 4.32. The van der Waals surface area contributed by atoms with Gasteiger partial charge in [-0.25, -0.2) is 9.59 Å². The molecule has 0 saturated heterocycles. The average molecular weight is 402 g/mol. The Kier molecular flexibility index (Phi) is 5.84. The summed E-state index contributed by atoms with van der Waals surface area (Å²) in [5.74, 6) is -0.592. The first-order valence-corrected chi connectivity index (χ1v) is 10.6. The topological polar surface area (TPSA) is 52.6 Å². The van der Waals surface area contributed by atoms with Gasteiger partial charge in [-0.3, -0.25) is 0 Å². The van der Waals surface area contributed by atoms with E-state index in [1.54, 1.807) is 0 Å². The van der Waals surface area contributed by atoms with Gasteiger partial charge in [0.1, 0.15) is 0 Å². The van der Waals surface area contributed by atoms with E-state index in [0.29, 0.717) is 24.0 Å². The van der Waals surface area contributed by atoms with Crippen LogP contribution in [-0.2, 0) is 19.1 Å². The van der Waals surface area contributed by atoms with Crippen LogP contribution in [-0.4, -0.2) is 11.9 Å². The molecule has 0 aromatic heterocycles. The van der Waals surface area contributed by atoms with Gasteiger partial charge in [-0.1, -0.05) is 87.4 Å². The molecular weight excluding hydrogens is 376 g/mol. The maximum absolute atomic E-state index is 12.9. The Hall–Kier alpha value is -3.14. The Bertz CT molecular complexity index is 918. The molecule has 0 spiro atoms. The van der Waals surface area contributed by atoms with Crippen molar-refractivity contribution in [1.29, 1.82) is 0 Å². The molecule has 0 amide bonds. The third-order valence-electron chi connectivity index (χ3n) is 5.61. The molecule has 0 unspecified atom stereocenters. The number of benzene rings is 2. The second-order valence-corrected chi connectivity index (χ2v) is 7.68. The molecule has 154 valence electrons. The van der Waals surface area contributed by atoms with Gasteiger partial charge in [-0.2, -0.15) is 0 Å². The summed E-state index contributed by atoms with van der Waals surface area (Å²) in [6, 6.07) is 19.5. The number of carbonyl (C=O) groups is 2. The fraction of sp³-hybridized carbons (Fsp3) is 0.308. The molecule has 2 aromatic rings. The summed E-state index contributed by atoms with van der Waals surface area (Å²) in [6.45, 7) is 4.08. The summed E-state index contributed by atoms with van der Waals surface area (Å²) in [6.07, 6.45) is 1.80. The van der Waals surface area contributed by atoms with Crippen LogP contribution in [0.25, 0.3) is 0 Å². The van der Waals surface area contributed by atoms with E-state index in [-0.39, 0.29) is 11.9 Å². The van der Waals surface area contributed by atoms with Gasteiger partial charge in [0.05, 0.1) is 0 Å². The Balaban J connectivity index is 1.93. The van der Waals surface area contributed by atoms with Gasteiger partial charge >= 0.3 is 11.9 Å². The van der Waals surface area contributed by atoms with Gasteiger partial charge in [0.15, 0.2) is 12.2 Å². The normalized spacial score (nSPS) is 21.3. The van der Waals surface area contributed by atoms with E-state index in [9.17, 15) is 9.59 Å². The van der Waals surface area contributed by atoms with Crippen molar-refractivity contribution in [3.63, 3.8) is 0 Å². The van der Waals surface area contributed by atoms with Crippen molar-refractivity contribution in [2.75, 3.05) is 0 Å². The van der Waals surface area contributed by atoms with Gasteiger partial charge in [0.25, 0.3) is 0 Å². The molecule has 2 aliphatic rings. The summed E-state index contributed by atoms with van der Waals surface area (Å²) >= 11 is 0. The highest BCUT2D eigenvalue weighted by molar-refractivity contribution is 5.98. The molecule has 0 N–H and O–H groups in total. The highest BCUT2D eigenvalue weighted by atomic mass is 16.6. The zero-order chi connectivity index (χ0) is 21.1. The van der Waals surface area contributed by atoms with Crippen LogP contribution in [0, 0.1) is 0 Å². The first-order chi connectivity index (χ1) is 14.7. The number of esters is 2. The number of cyclic esters (lactones) is 2. The number of hydrogen-bond acceptors (Lipinski definition) is 4. The Labute approximate surface area is 177 Å². The molecule has 0 radical (unpaired) electrons. The van der Waals surface area contributed by atoms with Crippen molar-refractivity contribution in [1.82, 2.24) is 0 Å². The summed E-state index contributed by atoms with van der Waals surface area (Å²) < 4.78 is 11.7. The van der Waals surface area contributed by atoms with Gasteiger partial charge in [-0.15, -0.1) is 0 Å². The van der Waals surface area contributed by atoms with Gasteiger partial charge in [-0.05, 0) is 24.0 Å². The second-order valence-electron chi connectivity index (χ2n) is 7.68. The smallest absolute Gasteiger partial charge is 0.335 e. The van der Waals surface area contributed by atoms with Gasteiger partial charge in [0.2, 0.25) is 0 Å². The minimum atomic E-state index is -0.525. The molecule has 2 aliphatic heterocycles. The van der Waals surface area contributed by atoms with Crippen LogP contribution in [0.2, 0.25) is 0 Å². The lowest BCUT2D eigenvalue weighted by Gasteiger charge is -2.21. The molecular formula is C26H26O4. The minimum absolute atomic E-state index is 0.296. The summed E-state index contributed by atoms with van der Waals surface area (Å²) in [5.41, 5.74) is 4.76. The lowest BCUT2D eigenvalue weighted by atomic mass is 9.84. The maximum Gasteiger partial charge on any atom is 0.335 e. The second kappa shape index (κ2) is 8.70. The Morgan fingerprint density at radius 1 is 0.633 bits per heavy atom. The van der Waals surface area contributed by atoms with Gasteiger partial charge < -0.3 is 9.47 Å². The number of ether oxygens (including phenoxy) is 2. The van der Waals surface area contributed by atoms with Crippen molar-refractivity contribution in [3.8, 4) is 0 Å². The quantitative estimate of drug-likeness (QED) is 0.551. The van der Waals surface area contributed by atoms with E-state index in [1.165, 1.54) is 0 Å². The first kappa shape index (κ1) is 20.1. The third kappa shape index (κ3) is 3.58. The fourth-order valence-electron chi connectivity index (χ4n) is 4.32. The first-order valence-electron chi connectivity index (χ1n) is 10.6. The van der Waals surface area contributed by atoms with E-state index in [0.717, 1.165) is 35.1 Å². The Morgan fingerprint density at radius 3 is 1.33 bits per heavy atom. The lowest BCUT2D eigenvalue weighted by Crippen LogP contribution is -2.09. The van der Waals surface area contributed by atoms with Gasteiger partial charge in [0, 0.05) is 22.3 Å². The standard InChI is InChI=1S/C26H26O4/c1-3-11-19-21(23(29-25(19)27)17-13-7-5-8-14-17)22-20(12-4-2)26(28)30-24(22)18-15-9-6-10-16-18/h5-10,13-16,23-24H,3-4,11-12H2,1-2H3/t23-,24-/m1/s1. The third-order valence-corrected chi connectivity index (χ3v) is 5.61. The van der Waals surface area contributed by atoms with E-state index in [2.05, 4.69) is 0 Å². The van der Waals surface area contributed by atoms with E-state index in [4.69, 9.17) is 9.47 Å². The summed E-state index contributed by atoms with van der Waals surface area (Å²) in [7, 11) is 0. The van der Waals surface area contributed by atoms with Crippen molar-refractivity contribution < 1.29 is 19.1 Å². The van der Waals surface area contributed by atoms with E-state index in [1.807, 2.05) is 74.5 Å². The van der Waals surface area contributed by atoms with Crippen LogP contribution in [0.1, 0.15) is 62.9 Å². The predicted octanol–water partition coefficient (Wildman–Crippen LogP) is 5.78. The molecule has 4 heteroatoms. The highest BCUT2D eigenvalue weighted by Crippen LogP contribution is 2.50. The summed E-state index contributed by atoms with van der Waals surface area (Å²) in [4.78, 5) is 25.8. The van der Waals surface area contributed by atoms with Crippen LogP contribution < -0.4 is 0 Å². The van der Waals surface area contributed by atoms with E-state index < -0.39 is 12.2 Å². The molecule has 0 fully saturated rings. The highest BCUT2D eigenvalue weighted by Gasteiger charge is 2.44. The van der Waals surface area contributed by atoms with Crippen molar-refractivity contribution in [2.24, 2.45) is 0 Å². The molecule has 4 nitrogen and oxygen atoms in total. The molecule has 0 bridgehead atoms. The van der Waals surface area contributed by atoms with Crippen molar-refractivity contribution in [3.05, 3.63) is 94.1 Å². The molecule has 2 atom stereocenters. The molecule has 30 heavy (non-hydrogen) atoms. The van der Waals surface area contributed by atoms with Crippen molar-refractivity contribution in [2.45, 2.75) is 51.7 Å². The molecule has 4 rings (SSSR count). The maximum atomic E-state index is 12.9. The molecule has 0 aliphatic carbocycles. The molecule has 0 saturated carbocycles. The van der Waals surface area contributed by atoms with Crippen molar-refractivity contribution >= 4 is 11.9 Å². The largest absolute Gasteiger partial charge is 0.449 e. The monoisotopic (exact) mass is 402 g/mol. The number of rotatable bonds is 7. The van der Waals surface area contributed by atoms with Crippen LogP contribution in [0.5, 0.6) is 0 Å². The number of hydrogen-bond donors (Lipinski definition) is 0. The summed E-state index contributed by atoms with van der Waals surface area (Å²) in [5, 5.41) is 0. The van der Waals surface area contributed by atoms with Crippen LogP contribution >= 0.6 is 0 Å². The van der Waals surface area contributed by atoms with Crippen LogP contribution in [0.15, 0.2) is 83.0 Å².